The SMILES string of the molecule is O=C1N[C@H](c2ccccc2)[C@@H](c2ccccc2)NC(=O)C2=CN(C=CC2)Cc2cccc(c2)CN2C=CCC1=C2. The average molecular weight is 529 g/mol. The molecule has 6 heteroatoms. The Morgan fingerprint density at radius 1 is 0.575 bits per heavy atom. The second-order valence-corrected chi connectivity index (χ2v) is 10.4. The number of hydrogen-bond acceptors (Lipinski definition) is 4. The number of fused-ring (bicyclic) bond motifs is 4. The van der Waals surface area contributed by atoms with Gasteiger partial charge in [0.1, 0.15) is 0 Å². The van der Waals surface area contributed by atoms with Gasteiger partial charge in [-0.1, -0.05) is 97.1 Å². The van der Waals surface area contributed by atoms with Gasteiger partial charge in [0, 0.05) is 49.0 Å². The van der Waals surface area contributed by atoms with Crippen LogP contribution in [-0.2, 0) is 22.7 Å². The van der Waals surface area contributed by atoms with E-state index >= 15 is 0 Å². The van der Waals surface area contributed by atoms with Gasteiger partial charge in [-0.25, -0.2) is 0 Å². The summed E-state index contributed by atoms with van der Waals surface area (Å²) < 4.78 is 0. The maximum Gasteiger partial charge on any atom is 0.249 e. The van der Waals surface area contributed by atoms with Crippen LogP contribution in [0.1, 0.15) is 47.2 Å². The van der Waals surface area contributed by atoms with Crippen molar-refractivity contribution in [1.82, 2.24) is 20.4 Å². The smallest absolute Gasteiger partial charge is 0.249 e. The predicted molar refractivity (Wildman–Crippen MR) is 156 cm³/mol. The molecule has 0 aliphatic carbocycles. The number of hydrogen-bond donors (Lipinski definition) is 2. The van der Waals surface area contributed by atoms with Crippen LogP contribution in [0.2, 0.25) is 0 Å². The molecule has 3 aromatic carbocycles. The number of carbonyl (C=O) groups excluding carboxylic acids is 2. The van der Waals surface area contributed by atoms with E-state index in [1.807, 2.05) is 97.6 Å². The topological polar surface area (TPSA) is 64.7 Å². The minimum atomic E-state index is -0.484. The molecule has 3 aromatic rings. The molecule has 3 heterocycles. The molecule has 40 heavy (non-hydrogen) atoms. The Hall–Kier alpha value is -4.84. The van der Waals surface area contributed by atoms with Crippen molar-refractivity contribution in [2.75, 3.05) is 0 Å². The molecule has 2 N–H and O–H groups in total. The number of benzene rings is 3. The van der Waals surface area contributed by atoms with Crippen molar-refractivity contribution in [2.24, 2.45) is 0 Å². The number of nitrogens with one attached hydrogen (secondary N) is 2. The molecule has 0 saturated heterocycles. The lowest BCUT2D eigenvalue weighted by Gasteiger charge is -2.31. The van der Waals surface area contributed by atoms with Gasteiger partial charge in [-0.15, -0.1) is 0 Å². The van der Waals surface area contributed by atoms with E-state index < -0.39 is 12.1 Å². The molecule has 3 aliphatic heterocycles. The van der Waals surface area contributed by atoms with Crippen molar-refractivity contribution >= 4 is 11.8 Å². The van der Waals surface area contributed by atoms with Gasteiger partial charge < -0.3 is 20.4 Å². The van der Waals surface area contributed by atoms with E-state index in [0.29, 0.717) is 37.1 Å². The van der Waals surface area contributed by atoms with Crippen LogP contribution in [-0.4, -0.2) is 21.6 Å². The molecule has 6 bridgehead atoms. The van der Waals surface area contributed by atoms with Crippen molar-refractivity contribution in [1.29, 1.82) is 0 Å². The maximum atomic E-state index is 13.8. The van der Waals surface area contributed by atoms with Crippen LogP contribution >= 0.6 is 0 Å². The van der Waals surface area contributed by atoms with E-state index in [-0.39, 0.29) is 11.8 Å². The third kappa shape index (κ3) is 5.76. The zero-order valence-electron chi connectivity index (χ0n) is 22.2. The van der Waals surface area contributed by atoms with Crippen LogP contribution in [0, 0.1) is 0 Å². The largest absolute Gasteiger partial charge is 0.350 e. The molecule has 2 amide bonds. The molecule has 200 valence electrons. The van der Waals surface area contributed by atoms with E-state index in [1.165, 1.54) is 0 Å². The van der Waals surface area contributed by atoms with Gasteiger partial charge in [-0.3, -0.25) is 9.59 Å². The quantitative estimate of drug-likeness (QED) is 0.453. The Morgan fingerprint density at radius 3 is 1.48 bits per heavy atom. The summed E-state index contributed by atoms with van der Waals surface area (Å²) in [6.07, 6.45) is 13.0. The first-order chi connectivity index (χ1) is 19.6. The molecule has 3 aliphatic rings. The van der Waals surface area contributed by atoms with Crippen LogP contribution in [0.4, 0.5) is 0 Å². The first kappa shape index (κ1) is 25.4. The third-order valence-corrected chi connectivity index (χ3v) is 7.44. The van der Waals surface area contributed by atoms with Crippen molar-refractivity contribution < 1.29 is 9.59 Å². The van der Waals surface area contributed by atoms with Crippen LogP contribution in [0.5, 0.6) is 0 Å². The summed E-state index contributed by atoms with van der Waals surface area (Å²) in [6, 6.07) is 27.2. The van der Waals surface area contributed by atoms with E-state index in [4.69, 9.17) is 0 Å². The highest BCUT2D eigenvalue weighted by molar-refractivity contribution is 5.95. The van der Waals surface area contributed by atoms with Crippen molar-refractivity contribution in [3.63, 3.8) is 0 Å². The first-order valence-corrected chi connectivity index (χ1v) is 13.7. The van der Waals surface area contributed by atoms with Crippen LogP contribution in [0.3, 0.4) is 0 Å². The van der Waals surface area contributed by atoms with E-state index in [9.17, 15) is 9.59 Å². The molecule has 6 nitrogen and oxygen atoms in total. The van der Waals surface area contributed by atoms with Gasteiger partial charge >= 0.3 is 0 Å². The lowest BCUT2D eigenvalue weighted by molar-refractivity contribution is -0.121. The molecule has 0 fully saturated rings. The molecule has 6 rings (SSSR count). The van der Waals surface area contributed by atoms with Gasteiger partial charge in [0.2, 0.25) is 11.8 Å². The molecule has 0 radical (unpaired) electrons. The number of amides is 2. The van der Waals surface area contributed by atoms with Crippen molar-refractivity contribution in [2.45, 2.75) is 38.0 Å². The monoisotopic (exact) mass is 528 g/mol. The summed E-state index contributed by atoms with van der Waals surface area (Å²) in [5.74, 6) is -0.301. The fourth-order valence-corrected chi connectivity index (χ4v) is 5.48. The Morgan fingerprint density at radius 2 is 1.02 bits per heavy atom. The van der Waals surface area contributed by atoms with Gasteiger partial charge in [0.05, 0.1) is 12.1 Å². The van der Waals surface area contributed by atoms with Crippen LogP contribution in [0.15, 0.2) is 133 Å². The molecule has 0 unspecified atom stereocenters. The third-order valence-electron chi connectivity index (χ3n) is 7.44. The molecule has 2 atom stereocenters. The summed E-state index contributed by atoms with van der Waals surface area (Å²) in [5, 5.41) is 6.57. The Labute approximate surface area is 235 Å². The predicted octanol–water partition coefficient (Wildman–Crippen LogP) is 5.62. The summed E-state index contributed by atoms with van der Waals surface area (Å²) in [7, 11) is 0. The van der Waals surface area contributed by atoms with Crippen molar-refractivity contribution in [3.05, 3.63) is 155 Å². The summed E-state index contributed by atoms with van der Waals surface area (Å²) in [5.41, 5.74) is 5.49. The standard InChI is InChI=1S/C34H32N4O2/c39-33-29-16-8-18-37(23-29)21-25-10-7-11-26(20-25)22-38-19-9-17-30(24-38)34(40)36-32(28-14-5-2-6-15-28)31(35-33)27-12-3-1-4-13-27/h1-15,18-20,23-24,31-32H,16-17,21-22H2,(H,35,39)(H,36,40)/t31-,32-/m1/s1. The lowest BCUT2D eigenvalue weighted by Crippen LogP contribution is -2.42. The Balaban J connectivity index is 1.44. The van der Waals surface area contributed by atoms with E-state index in [2.05, 4.69) is 44.7 Å². The minimum Gasteiger partial charge on any atom is -0.350 e. The number of nitrogens with zero attached hydrogens (tertiary/aromatic N) is 2. The van der Waals surface area contributed by atoms with E-state index in [0.717, 1.165) is 22.3 Å². The normalized spacial score (nSPS) is 21.1. The molecular weight excluding hydrogens is 496 g/mol. The highest BCUT2D eigenvalue weighted by Crippen LogP contribution is 2.31. The fourth-order valence-electron chi connectivity index (χ4n) is 5.48. The first-order valence-electron chi connectivity index (χ1n) is 13.7. The van der Waals surface area contributed by atoms with Crippen LogP contribution in [0.25, 0.3) is 0 Å². The summed E-state index contributed by atoms with van der Waals surface area (Å²) >= 11 is 0. The highest BCUT2D eigenvalue weighted by atomic mass is 16.2. The lowest BCUT2D eigenvalue weighted by atomic mass is 9.92. The Kier molecular flexibility index (Phi) is 7.31. The second-order valence-electron chi connectivity index (χ2n) is 10.4. The average Bonchev–Trinajstić information content (AvgIpc) is 2.99. The van der Waals surface area contributed by atoms with Gasteiger partial charge in [0.25, 0.3) is 0 Å². The van der Waals surface area contributed by atoms with Gasteiger partial charge in [0.15, 0.2) is 0 Å². The molecule has 0 aromatic heterocycles. The Bertz CT molecular complexity index is 1400. The van der Waals surface area contributed by atoms with Crippen molar-refractivity contribution in [3.8, 4) is 0 Å². The highest BCUT2D eigenvalue weighted by Gasteiger charge is 2.30. The fraction of sp³-hybridized carbons (Fsp3) is 0.176. The number of allylic oxidation sites excluding steroid dienone is 2. The number of carbonyl (C=O) groups is 2. The summed E-state index contributed by atoms with van der Waals surface area (Å²) in [6.45, 7) is 1.32. The summed E-state index contributed by atoms with van der Waals surface area (Å²) in [4.78, 5) is 31.7. The minimum absolute atomic E-state index is 0.151. The molecular formula is C34H32N4O2. The zero-order valence-corrected chi connectivity index (χ0v) is 22.2. The van der Waals surface area contributed by atoms with Gasteiger partial charge in [-0.2, -0.15) is 0 Å². The van der Waals surface area contributed by atoms with E-state index in [1.54, 1.807) is 0 Å². The maximum absolute atomic E-state index is 13.8. The second kappa shape index (κ2) is 11.5. The molecule has 0 spiro atoms. The van der Waals surface area contributed by atoms with Gasteiger partial charge in [-0.05, 0) is 35.1 Å². The number of rotatable bonds is 2. The van der Waals surface area contributed by atoms with Crippen LogP contribution < -0.4 is 10.6 Å². The molecule has 0 saturated carbocycles. The zero-order chi connectivity index (χ0) is 27.3.